The van der Waals surface area contributed by atoms with E-state index in [4.69, 9.17) is 0 Å². The summed E-state index contributed by atoms with van der Waals surface area (Å²) in [6, 6.07) is 7.18. The van der Waals surface area contributed by atoms with E-state index in [1.54, 1.807) is 18.3 Å². The van der Waals surface area contributed by atoms with Gasteiger partial charge in [0, 0.05) is 25.3 Å². The molecule has 2 aromatic rings. The molecule has 6 heteroatoms. The molecule has 1 unspecified atom stereocenters. The number of nitrogens with zero attached hydrogens (tertiary/aromatic N) is 2. The van der Waals surface area contributed by atoms with Crippen molar-refractivity contribution in [2.75, 3.05) is 19.6 Å². The van der Waals surface area contributed by atoms with E-state index in [2.05, 4.69) is 15.2 Å². The zero-order valence-corrected chi connectivity index (χ0v) is 13.6. The molecule has 0 aliphatic carbocycles. The highest BCUT2D eigenvalue weighted by Gasteiger charge is 2.33. The van der Waals surface area contributed by atoms with E-state index in [1.165, 1.54) is 30.8 Å². The maximum absolute atomic E-state index is 12.4. The zero-order valence-electron chi connectivity index (χ0n) is 12.7. The Morgan fingerprint density at radius 1 is 1.30 bits per heavy atom. The van der Waals surface area contributed by atoms with Gasteiger partial charge in [0.05, 0.1) is 4.88 Å². The largest absolute Gasteiger partial charge is 0.508 e. The maximum Gasteiger partial charge on any atom is 0.280 e. The first kappa shape index (κ1) is 14.7. The van der Waals surface area contributed by atoms with Crippen molar-refractivity contribution in [3.05, 3.63) is 35.5 Å². The molecular formula is C17H19N3O2S. The van der Waals surface area contributed by atoms with Gasteiger partial charge in [-0.1, -0.05) is 0 Å². The molecule has 120 valence electrons. The van der Waals surface area contributed by atoms with Crippen molar-refractivity contribution in [2.45, 2.75) is 18.9 Å². The lowest BCUT2D eigenvalue weighted by molar-refractivity contribution is 0.0909. The van der Waals surface area contributed by atoms with Gasteiger partial charge in [-0.25, -0.2) is 4.98 Å². The summed E-state index contributed by atoms with van der Waals surface area (Å²) in [6.45, 7) is 3.31. The number of phenols is 1. The molecule has 0 radical (unpaired) electrons. The van der Waals surface area contributed by atoms with E-state index in [9.17, 15) is 9.90 Å². The van der Waals surface area contributed by atoms with Crippen molar-refractivity contribution in [1.29, 1.82) is 0 Å². The van der Waals surface area contributed by atoms with Crippen LogP contribution in [0.5, 0.6) is 5.75 Å². The van der Waals surface area contributed by atoms with Crippen molar-refractivity contribution >= 4 is 17.2 Å². The number of hydrogen-bond acceptors (Lipinski definition) is 5. The molecule has 3 heterocycles. The van der Waals surface area contributed by atoms with Gasteiger partial charge in [-0.15, -0.1) is 11.3 Å². The maximum atomic E-state index is 12.4. The van der Waals surface area contributed by atoms with Gasteiger partial charge >= 0.3 is 0 Å². The average Bonchev–Trinajstić information content (AvgIpc) is 3.15. The third-order valence-electron chi connectivity index (χ3n) is 4.65. The van der Waals surface area contributed by atoms with Crippen molar-refractivity contribution in [2.24, 2.45) is 5.92 Å². The number of piperidine rings is 1. The van der Waals surface area contributed by atoms with Gasteiger partial charge in [-0.2, -0.15) is 0 Å². The number of phenolic OH excluding ortho intramolecular Hbond substituents is 1. The van der Waals surface area contributed by atoms with Crippen LogP contribution in [0.3, 0.4) is 0 Å². The molecule has 2 bridgehead atoms. The second-order valence-electron chi connectivity index (χ2n) is 6.40. The Hall–Kier alpha value is -1.92. The lowest BCUT2D eigenvalue weighted by Gasteiger charge is -2.30. The normalized spacial score (nSPS) is 26.2. The summed E-state index contributed by atoms with van der Waals surface area (Å²) in [5.41, 5.74) is 0.959. The second kappa shape index (κ2) is 5.94. The summed E-state index contributed by atoms with van der Waals surface area (Å²) >= 11 is 1.39. The summed E-state index contributed by atoms with van der Waals surface area (Å²) < 4.78 is 0. The summed E-state index contributed by atoms with van der Waals surface area (Å²) in [6.07, 6.45) is 4.06. The minimum Gasteiger partial charge on any atom is -0.508 e. The van der Waals surface area contributed by atoms with Gasteiger partial charge in [0.25, 0.3) is 5.91 Å². The Bertz CT molecular complexity index is 701. The van der Waals surface area contributed by atoms with Crippen LogP contribution in [0.2, 0.25) is 0 Å². The first-order chi connectivity index (χ1) is 11.2. The van der Waals surface area contributed by atoms with Crippen LogP contribution < -0.4 is 5.32 Å². The van der Waals surface area contributed by atoms with Crippen LogP contribution >= 0.6 is 11.3 Å². The van der Waals surface area contributed by atoms with Gasteiger partial charge in [0.1, 0.15) is 5.75 Å². The number of nitrogens with one attached hydrogen (secondary N) is 1. The van der Waals surface area contributed by atoms with Crippen LogP contribution in [0.1, 0.15) is 22.6 Å². The fourth-order valence-electron chi connectivity index (χ4n) is 3.55. The first-order valence-corrected chi connectivity index (χ1v) is 8.77. The van der Waals surface area contributed by atoms with Gasteiger partial charge in [-0.05, 0) is 55.1 Å². The fourth-order valence-corrected chi connectivity index (χ4v) is 4.37. The quantitative estimate of drug-likeness (QED) is 0.907. The second-order valence-corrected chi connectivity index (χ2v) is 7.43. The average molecular weight is 329 g/mol. The molecule has 2 fully saturated rings. The van der Waals surface area contributed by atoms with Crippen molar-refractivity contribution in [3.8, 4) is 16.2 Å². The smallest absolute Gasteiger partial charge is 0.280 e. The molecule has 0 saturated carbocycles. The number of aromatic nitrogens is 1. The number of hydrogen-bond donors (Lipinski definition) is 2. The number of carbonyl (C=O) groups excluding carboxylic acids is 1. The van der Waals surface area contributed by atoms with E-state index >= 15 is 0 Å². The molecule has 23 heavy (non-hydrogen) atoms. The molecule has 2 aliphatic rings. The molecule has 4 rings (SSSR count). The minimum atomic E-state index is -0.0764. The van der Waals surface area contributed by atoms with E-state index < -0.39 is 0 Å². The van der Waals surface area contributed by atoms with Crippen LogP contribution in [0.4, 0.5) is 0 Å². The fraction of sp³-hybridized carbons (Fsp3) is 0.412. The number of carbonyl (C=O) groups is 1. The molecule has 5 nitrogen and oxygen atoms in total. The van der Waals surface area contributed by atoms with Gasteiger partial charge in [-0.3, -0.25) is 4.79 Å². The number of amides is 1. The topological polar surface area (TPSA) is 65.5 Å². The molecule has 0 spiro atoms. The van der Waals surface area contributed by atoms with Crippen LogP contribution in [-0.2, 0) is 0 Å². The van der Waals surface area contributed by atoms with Gasteiger partial charge < -0.3 is 15.3 Å². The minimum absolute atomic E-state index is 0.0764. The highest BCUT2D eigenvalue weighted by atomic mass is 32.1. The van der Waals surface area contributed by atoms with Crippen LogP contribution in [0.25, 0.3) is 10.4 Å². The zero-order chi connectivity index (χ0) is 15.8. The van der Waals surface area contributed by atoms with E-state index in [1.807, 2.05) is 12.1 Å². The Kier molecular flexibility index (Phi) is 3.79. The Labute approximate surface area is 139 Å². The van der Waals surface area contributed by atoms with Crippen LogP contribution in [0.15, 0.2) is 30.5 Å². The van der Waals surface area contributed by atoms with Crippen molar-refractivity contribution < 1.29 is 9.90 Å². The van der Waals surface area contributed by atoms with E-state index in [0.717, 1.165) is 29.3 Å². The molecule has 1 aromatic carbocycles. The lowest BCUT2D eigenvalue weighted by atomic mass is 9.97. The molecule has 2 saturated heterocycles. The summed E-state index contributed by atoms with van der Waals surface area (Å²) in [5, 5.41) is 13.0. The molecule has 1 aromatic heterocycles. The SMILES string of the molecule is O=C(N[C@@H]1C[C@@H]2CCN(C2)C1)c1ncc(-c2ccc(O)cc2)s1. The van der Waals surface area contributed by atoms with Crippen LogP contribution in [-0.4, -0.2) is 46.6 Å². The summed E-state index contributed by atoms with van der Waals surface area (Å²) in [5.74, 6) is 0.892. The highest BCUT2D eigenvalue weighted by Crippen LogP contribution is 2.29. The Balaban J connectivity index is 1.44. The molecule has 2 N–H and O–H groups in total. The molecule has 1 amide bonds. The Morgan fingerprint density at radius 2 is 2.13 bits per heavy atom. The van der Waals surface area contributed by atoms with Gasteiger partial charge in [0.15, 0.2) is 5.01 Å². The number of benzene rings is 1. The molecule has 3 atom stereocenters. The molecule has 2 aliphatic heterocycles. The number of rotatable bonds is 3. The first-order valence-electron chi connectivity index (χ1n) is 7.96. The van der Waals surface area contributed by atoms with Crippen molar-refractivity contribution in [3.63, 3.8) is 0 Å². The third kappa shape index (κ3) is 3.09. The van der Waals surface area contributed by atoms with Crippen molar-refractivity contribution in [1.82, 2.24) is 15.2 Å². The standard InChI is InChI=1S/C17H19N3O2S/c21-14-3-1-12(2-4-14)15-8-18-17(23-15)16(22)19-13-7-11-5-6-20(9-11)10-13/h1-4,8,11,13,21H,5-7,9-10H2,(H,19,22)/t11-,13+/m0/s1. The summed E-state index contributed by atoms with van der Waals surface area (Å²) in [4.78, 5) is 20.1. The highest BCUT2D eigenvalue weighted by molar-refractivity contribution is 7.16. The van der Waals surface area contributed by atoms with E-state index in [-0.39, 0.29) is 17.7 Å². The summed E-state index contributed by atoms with van der Waals surface area (Å²) in [7, 11) is 0. The number of thiazole rings is 1. The lowest BCUT2D eigenvalue weighted by Crippen LogP contribution is -2.46. The Morgan fingerprint density at radius 3 is 2.91 bits per heavy atom. The predicted molar refractivity (Wildman–Crippen MR) is 89.6 cm³/mol. The monoisotopic (exact) mass is 329 g/mol. The van der Waals surface area contributed by atoms with E-state index in [0.29, 0.717) is 5.01 Å². The number of aromatic hydroxyl groups is 1. The number of fused-ring (bicyclic) bond motifs is 2. The van der Waals surface area contributed by atoms with Gasteiger partial charge in [0.2, 0.25) is 0 Å². The molecular weight excluding hydrogens is 310 g/mol. The predicted octanol–water partition coefficient (Wildman–Crippen LogP) is 2.34. The third-order valence-corrected chi connectivity index (χ3v) is 5.70. The van der Waals surface area contributed by atoms with Crippen LogP contribution in [0, 0.1) is 5.92 Å².